The molecule has 0 radical (unpaired) electrons. The summed E-state index contributed by atoms with van der Waals surface area (Å²) in [4.78, 5) is 0. The molecule has 1 aromatic carbocycles. The fraction of sp³-hybridized carbons (Fsp3) is 0.385. The standard InChI is InChI=1S/C13H16FN/c1-2-6-15-13-8-11(9-13)10-4-3-5-12(14)7-10/h2-5,7,11,13,15H,1,6,8-9H2. The third-order valence-electron chi connectivity index (χ3n) is 3.01. The molecule has 2 rings (SSSR count). The molecule has 1 saturated carbocycles. The molecule has 15 heavy (non-hydrogen) atoms. The van der Waals surface area contributed by atoms with E-state index in [9.17, 15) is 4.39 Å². The summed E-state index contributed by atoms with van der Waals surface area (Å²) in [5, 5.41) is 3.37. The lowest BCUT2D eigenvalue weighted by atomic mass is 9.76. The van der Waals surface area contributed by atoms with Crippen LogP contribution in [0, 0.1) is 5.82 Å². The zero-order chi connectivity index (χ0) is 10.7. The van der Waals surface area contributed by atoms with E-state index in [1.807, 2.05) is 12.1 Å². The third kappa shape index (κ3) is 2.45. The predicted molar refractivity (Wildman–Crippen MR) is 60.4 cm³/mol. The Kier molecular flexibility index (Phi) is 3.17. The Bertz CT molecular complexity index is 342. The van der Waals surface area contributed by atoms with Crippen LogP contribution in [-0.2, 0) is 0 Å². The molecule has 1 N–H and O–H groups in total. The van der Waals surface area contributed by atoms with Crippen LogP contribution in [-0.4, -0.2) is 12.6 Å². The fourth-order valence-corrected chi connectivity index (χ4v) is 2.07. The Hall–Kier alpha value is -1.15. The first-order valence-corrected chi connectivity index (χ1v) is 5.39. The summed E-state index contributed by atoms with van der Waals surface area (Å²) in [7, 11) is 0. The molecule has 0 bridgehead atoms. The third-order valence-corrected chi connectivity index (χ3v) is 3.01. The van der Waals surface area contributed by atoms with Crippen molar-refractivity contribution in [1.29, 1.82) is 0 Å². The molecule has 0 heterocycles. The van der Waals surface area contributed by atoms with Crippen molar-refractivity contribution < 1.29 is 4.39 Å². The zero-order valence-corrected chi connectivity index (χ0v) is 8.75. The first kappa shape index (κ1) is 10.4. The molecular formula is C13H16FN. The van der Waals surface area contributed by atoms with Gasteiger partial charge in [0.15, 0.2) is 0 Å². The topological polar surface area (TPSA) is 12.0 Å². The van der Waals surface area contributed by atoms with Gasteiger partial charge in [-0.25, -0.2) is 4.39 Å². The van der Waals surface area contributed by atoms with Gasteiger partial charge in [0.1, 0.15) is 5.82 Å². The monoisotopic (exact) mass is 205 g/mol. The molecule has 80 valence electrons. The number of hydrogen-bond donors (Lipinski definition) is 1. The van der Waals surface area contributed by atoms with E-state index in [4.69, 9.17) is 0 Å². The van der Waals surface area contributed by atoms with Crippen molar-refractivity contribution in [2.45, 2.75) is 24.8 Å². The molecule has 1 nitrogen and oxygen atoms in total. The van der Waals surface area contributed by atoms with E-state index in [1.165, 1.54) is 6.07 Å². The van der Waals surface area contributed by atoms with Crippen molar-refractivity contribution in [2.24, 2.45) is 0 Å². The van der Waals surface area contributed by atoms with Gasteiger partial charge in [0.05, 0.1) is 0 Å². The zero-order valence-electron chi connectivity index (χ0n) is 8.75. The van der Waals surface area contributed by atoms with Crippen LogP contribution < -0.4 is 5.32 Å². The number of halogens is 1. The van der Waals surface area contributed by atoms with Crippen molar-refractivity contribution in [3.63, 3.8) is 0 Å². The molecule has 0 saturated heterocycles. The Morgan fingerprint density at radius 3 is 2.93 bits per heavy atom. The minimum absolute atomic E-state index is 0.130. The average molecular weight is 205 g/mol. The van der Waals surface area contributed by atoms with Gasteiger partial charge in [-0.3, -0.25) is 0 Å². The van der Waals surface area contributed by atoms with E-state index in [0.29, 0.717) is 12.0 Å². The first-order chi connectivity index (χ1) is 7.29. The van der Waals surface area contributed by atoms with E-state index in [1.54, 1.807) is 12.1 Å². The highest BCUT2D eigenvalue weighted by atomic mass is 19.1. The quantitative estimate of drug-likeness (QED) is 0.745. The van der Waals surface area contributed by atoms with E-state index >= 15 is 0 Å². The Morgan fingerprint density at radius 2 is 2.27 bits per heavy atom. The number of nitrogens with one attached hydrogen (secondary N) is 1. The number of benzene rings is 1. The summed E-state index contributed by atoms with van der Waals surface area (Å²) in [6.07, 6.45) is 4.09. The molecule has 0 atom stereocenters. The summed E-state index contributed by atoms with van der Waals surface area (Å²) in [5.74, 6) is 0.401. The second-order valence-electron chi connectivity index (χ2n) is 4.12. The fourth-order valence-electron chi connectivity index (χ4n) is 2.07. The highest BCUT2D eigenvalue weighted by Gasteiger charge is 2.29. The Balaban J connectivity index is 1.86. The van der Waals surface area contributed by atoms with Crippen LogP contribution >= 0.6 is 0 Å². The van der Waals surface area contributed by atoms with Crippen LogP contribution in [0.1, 0.15) is 24.3 Å². The molecule has 1 aliphatic rings. The minimum atomic E-state index is -0.130. The van der Waals surface area contributed by atoms with Gasteiger partial charge >= 0.3 is 0 Å². The minimum Gasteiger partial charge on any atom is -0.310 e. The Morgan fingerprint density at radius 1 is 1.47 bits per heavy atom. The molecular weight excluding hydrogens is 189 g/mol. The van der Waals surface area contributed by atoms with Crippen molar-refractivity contribution >= 4 is 0 Å². The van der Waals surface area contributed by atoms with Crippen LogP contribution in [0.25, 0.3) is 0 Å². The van der Waals surface area contributed by atoms with E-state index in [0.717, 1.165) is 24.9 Å². The predicted octanol–water partition coefficient (Wildman–Crippen LogP) is 2.85. The van der Waals surface area contributed by atoms with Gasteiger partial charge in [0.2, 0.25) is 0 Å². The molecule has 0 unspecified atom stereocenters. The van der Waals surface area contributed by atoms with Gasteiger partial charge in [0.25, 0.3) is 0 Å². The van der Waals surface area contributed by atoms with Gasteiger partial charge in [-0.05, 0) is 36.5 Å². The molecule has 0 aliphatic heterocycles. The van der Waals surface area contributed by atoms with Crippen molar-refractivity contribution in [3.05, 3.63) is 48.3 Å². The highest BCUT2D eigenvalue weighted by molar-refractivity contribution is 5.23. The molecule has 0 amide bonds. The normalized spacial score (nSPS) is 24.6. The van der Waals surface area contributed by atoms with Gasteiger partial charge in [-0.2, -0.15) is 0 Å². The Labute approximate surface area is 90.0 Å². The number of rotatable bonds is 4. The average Bonchev–Trinajstić information content (AvgIpc) is 2.16. The summed E-state index contributed by atoms with van der Waals surface area (Å²) >= 11 is 0. The number of hydrogen-bond acceptors (Lipinski definition) is 1. The SMILES string of the molecule is C=CCNC1CC(c2cccc(F)c2)C1. The molecule has 1 aromatic rings. The maximum Gasteiger partial charge on any atom is 0.123 e. The first-order valence-electron chi connectivity index (χ1n) is 5.39. The largest absolute Gasteiger partial charge is 0.310 e. The van der Waals surface area contributed by atoms with Crippen molar-refractivity contribution in [3.8, 4) is 0 Å². The van der Waals surface area contributed by atoms with Crippen LogP contribution in [0.4, 0.5) is 4.39 Å². The molecule has 1 aliphatic carbocycles. The summed E-state index contributed by atoms with van der Waals surface area (Å²) in [6.45, 7) is 4.53. The van der Waals surface area contributed by atoms with Crippen LogP contribution in [0.2, 0.25) is 0 Å². The van der Waals surface area contributed by atoms with E-state index in [-0.39, 0.29) is 5.82 Å². The maximum absolute atomic E-state index is 13.0. The van der Waals surface area contributed by atoms with E-state index < -0.39 is 0 Å². The second-order valence-corrected chi connectivity index (χ2v) is 4.12. The summed E-state index contributed by atoms with van der Waals surface area (Å²) in [5.41, 5.74) is 1.13. The van der Waals surface area contributed by atoms with Crippen LogP contribution in [0.15, 0.2) is 36.9 Å². The van der Waals surface area contributed by atoms with Gasteiger partial charge in [0, 0.05) is 12.6 Å². The highest BCUT2D eigenvalue weighted by Crippen LogP contribution is 2.36. The molecule has 1 fully saturated rings. The second kappa shape index (κ2) is 4.58. The molecule has 2 heteroatoms. The molecule has 0 aromatic heterocycles. The summed E-state index contributed by atoms with van der Waals surface area (Å²) in [6, 6.07) is 7.52. The van der Waals surface area contributed by atoms with Crippen LogP contribution in [0.3, 0.4) is 0 Å². The summed E-state index contributed by atoms with van der Waals surface area (Å²) < 4.78 is 13.0. The lowest BCUT2D eigenvalue weighted by Gasteiger charge is -2.36. The lowest BCUT2D eigenvalue weighted by Crippen LogP contribution is -2.40. The lowest BCUT2D eigenvalue weighted by molar-refractivity contribution is 0.299. The molecule has 0 spiro atoms. The van der Waals surface area contributed by atoms with E-state index in [2.05, 4.69) is 11.9 Å². The van der Waals surface area contributed by atoms with Crippen molar-refractivity contribution in [2.75, 3.05) is 6.54 Å². The maximum atomic E-state index is 13.0. The van der Waals surface area contributed by atoms with Crippen molar-refractivity contribution in [1.82, 2.24) is 5.32 Å². The van der Waals surface area contributed by atoms with Crippen LogP contribution in [0.5, 0.6) is 0 Å². The van der Waals surface area contributed by atoms with Gasteiger partial charge in [-0.15, -0.1) is 6.58 Å². The van der Waals surface area contributed by atoms with Gasteiger partial charge < -0.3 is 5.32 Å². The smallest absolute Gasteiger partial charge is 0.123 e. The van der Waals surface area contributed by atoms with Gasteiger partial charge in [-0.1, -0.05) is 18.2 Å².